The van der Waals surface area contributed by atoms with Crippen LogP contribution in [0.15, 0.2) is 30.0 Å². The normalized spacial score (nSPS) is 21.6. The van der Waals surface area contributed by atoms with Crippen LogP contribution < -0.4 is 0 Å². The molecule has 1 amide bonds. The van der Waals surface area contributed by atoms with Gasteiger partial charge in [0.1, 0.15) is 4.88 Å². The fourth-order valence-electron chi connectivity index (χ4n) is 3.60. The third kappa shape index (κ3) is 3.73. The number of morpholine rings is 1. The zero-order chi connectivity index (χ0) is 17.1. The van der Waals surface area contributed by atoms with E-state index in [1.807, 2.05) is 17.2 Å². The SMILES string of the molecule is O=C(c1cncs1)N1CCCC1c1ccnc(CN2CCOCC2)c1. The van der Waals surface area contributed by atoms with E-state index in [2.05, 4.69) is 20.9 Å². The molecular formula is C18H22N4O2S. The standard InChI is InChI=1S/C18H22N4O2S/c23-18(17-11-19-13-25-17)22-5-1-2-16(22)14-3-4-20-15(10-14)12-21-6-8-24-9-7-21/h3-4,10-11,13,16H,1-2,5-9,12H2. The first-order chi connectivity index (χ1) is 12.3. The van der Waals surface area contributed by atoms with Gasteiger partial charge in [-0.1, -0.05) is 0 Å². The zero-order valence-electron chi connectivity index (χ0n) is 14.1. The summed E-state index contributed by atoms with van der Waals surface area (Å²) in [5.41, 5.74) is 3.97. The van der Waals surface area contributed by atoms with Gasteiger partial charge in [0.25, 0.3) is 5.91 Å². The van der Waals surface area contributed by atoms with Crippen LogP contribution in [-0.4, -0.2) is 58.5 Å². The number of thiazole rings is 1. The number of rotatable bonds is 4. The lowest BCUT2D eigenvalue weighted by Crippen LogP contribution is -2.36. The molecule has 2 aliphatic rings. The lowest BCUT2D eigenvalue weighted by atomic mass is 10.0. The predicted molar refractivity (Wildman–Crippen MR) is 95.5 cm³/mol. The first-order valence-electron chi connectivity index (χ1n) is 8.75. The summed E-state index contributed by atoms with van der Waals surface area (Å²) in [5.74, 6) is 0.0940. The monoisotopic (exact) mass is 358 g/mol. The Labute approximate surface area is 151 Å². The third-order valence-corrected chi connectivity index (χ3v) is 5.63. The maximum absolute atomic E-state index is 12.8. The van der Waals surface area contributed by atoms with E-state index in [0.717, 1.165) is 62.8 Å². The number of carbonyl (C=O) groups is 1. The minimum absolute atomic E-state index is 0.0940. The fraction of sp³-hybridized carbons (Fsp3) is 0.500. The molecule has 4 rings (SSSR count). The predicted octanol–water partition coefficient (Wildman–Crippen LogP) is 2.35. The largest absolute Gasteiger partial charge is 0.379 e. The topological polar surface area (TPSA) is 58.6 Å². The Morgan fingerprint density at radius 2 is 2.20 bits per heavy atom. The molecule has 0 saturated carbocycles. The Balaban J connectivity index is 1.50. The van der Waals surface area contributed by atoms with Crippen molar-refractivity contribution in [3.05, 3.63) is 46.2 Å². The van der Waals surface area contributed by atoms with Crippen molar-refractivity contribution in [2.75, 3.05) is 32.8 Å². The van der Waals surface area contributed by atoms with E-state index in [9.17, 15) is 4.79 Å². The third-order valence-electron chi connectivity index (χ3n) is 4.87. The van der Waals surface area contributed by atoms with Gasteiger partial charge < -0.3 is 9.64 Å². The van der Waals surface area contributed by atoms with Gasteiger partial charge in [-0.15, -0.1) is 11.3 Å². The van der Waals surface area contributed by atoms with Crippen molar-refractivity contribution in [2.24, 2.45) is 0 Å². The highest BCUT2D eigenvalue weighted by atomic mass is 32.1. The summed E-state index contributed by atoms with van der Waals surface area (Å²) in [7, 11) is 0. The van der Waals surface area contributed by atoms with Crippen LogP contribution in [0.5, 0.6) is 0 Å². The number of hydrogen-bond acceptors (Lipinski definition) is 6. The molecule has 2 saturated heterocycles. The average Bonchev–Trinajstić information content (AvgIpc) is 3.34. The molecule has 2 aromatic rings. The molecule has 0 radical (unpaired) electrons. The van der Waals surface area contributed by atoms with Crippen LogP contribution in [0.1, 0.15) is 39.8 Å². The number of hydrogen-bond donors (Lipinski definition) is 0. The zero-order valence-corrected chi connectivity index (χ0v) is 15.0. The second-order valence-electron chi connectivity index (χ2n) is 6.49. The average molecular weight is 358 g/mol. The molecule has 2 aliphatic heterocycles. The Hall–Kier alpha value is -1.83. The van der Waals surface area contributed by atoms with Crippen LogP contribution in [-0.2, 0) is 11.3 Å². The maximum Gasteiger partial charge on any atom is 0.266 e. The quantitative estimate of drug-likeness (QED) is 0.840. The molecule has 1 unspecified atom stereocenters. The Morgan fingerprint density at radius 1 is 1.32 bits per heavy atom. The smallest absolute Gasteiger partial charge is 0.266 e. The summed E-state index contributed by atoms with van der Waals surface area (Å²) in [4.78, 5) is 26.4. The molecule has 4 heterocycles. The molecule has 0 spiro atoms. The number of ether oxygens (including phenoxy) is 1. The van der Waals surface area contributed by atoms with Gasteiger partial charge in [0.15, 0.2) is 0 Å². The molecule has 25 heavy (non-hydrogen) atoms. The minimum atomic E-state index is 0.0940. The molecule has 132 valence electrons. The number of likely N-dealkylation sites (tertiary alicyclic amines) is 1. The molecule has 7 heteroatoms. The summed E-state index contributed by atoms with van der Waals surface area (Å²) in [6, 6.07) is 4.35. The van der Waals surface area contributed by atoms with Gasteiger partial charge in [-0.2, -0.15) is 0 Å². The first-order valence-corrected chi connectivity index (χ1v) is 9.63. The molecule has 2 aromatic heterocycles. The number of carbonyl (C=O) groups excluding carboxylic acids is 1. The second-order valence-corrected chi connectivity index (χ2v) is 7.38. The van der Waals surface area contributed by atoms with Crippen molar-refractivity contribution in [2.45, 2.75) is 25.4 Å². The van der Waals surface area contributed by atoms with Gasteiger partial charge >= 0.3 is 0 Å². The van der Waals surface area contributed by atoms with Crippen molar-refractivity contribution in [1.82, 2.24) is 19.8 Å². The molecule has 1 atom stereocenters. The van der Waals surface area contributed by atoms with E-state index in [0.29, 0.717) is 0 Å². The van der Waals surface area contributed by atoms with Crippen LogP contribution in [0.4, 0.5) is 0 Å². The van der Waals surface area contributed by atoms with Crippen LogP contribution in [0.2, 0.25) is 0 Å². The van der Waals surface area contributed by atoms with Crippen LogP contribution in [0.3, 0.4) is 0 Å². The lowest BCUT2D eigenvalue weighted by Gasteiger charge is -2.27. The molecule has 0 aromatic carbocycles. The number of pyridine rings is 1. The highest BCUT2D eigenvalue weighted by Gasteiger charge is 2.31. The molecule has 2 fully saturated rings. The van der Waals surface area contributed by atoms with Crippen LogP contribution >= 0.6 is 11.3 Å². The second kappa shape index (κ2) is 7.59. The Bertz CT molecular complexity index is 716. The molecule has 6 nitrogen and oxygen atoms in total. The van der Waals surface area contributed by atoms with E-state index in [4.69, 9.17) is 4.74 Å². The van der Waals surface area contributed by atoms with E-state index in [1.165, 1.54) is 16.9 Å². The van der Waals surface area contributed by atoms with E-state index in [1.54, 1.807) is 11.7 Å². The van der Waals surface area contributed by atoms with Crippen LogP contribution in [0, 0.1) is 0 Å². The summed E-state index contributed by atoms with van der Waals surface area (Å²) in [6.07, 6.45) is 5.58. The van der Waals surface area contributed by atoms with Crippen molar-refractivity contribution in [3.63, 3.8) is 0 Å². The molecular weight excluding hydrogens is 336 g/mol. The van der Waals surface area contributed by atoms with E-state index in [-0.39, 0.29) is 11.9 Å². The van der Waals surface area contributed by atoms with E-state index < -0.39 is 0 Å². The molecule has 0 bridgehead atoms. The lowest BCUT2D eigenvalue weighted by molar-refractivity contribution is 0.0336. The van der Waals surface area contributed by atoms with Crippen LogP contribution in [0.25, 0.3) is 0 Å². The maximum atomic E-state index is 12.8. The first kappa shape index (κ1) is 16.6. The van der Waals surface area contributed by atoms with Crippen molar-refractivity contribution in [3.8, 4) is 0 Å². The van der Waals surface area contributed by atoms with Crippen molar-refractivity contribution >= 4 is 17.2 Å². The van der Waals surface area contributed by atoms with E-state index >= 15 is 0 Å². The summed E-state index contributed by atoms with van der Waals surface area (Å²) in [5, 5.41) is 0. The van der Waals surface area contributed by atoms with Gasteiger partial charge in [-0.05, 0) is 30.5 Å². The van der Waals surface area contributed by atoms with Crippen molar-refractivity contribution in [1.29, 1.82) is 0 Å². The highest BCUT2D eigenvalue weighted by molar-refractivity contribution is 7.11. The van der Waals surface area contributed by atoms with Gasteiger partial charge in [-0.3, -0.25) is 19.7 Å². The van der Waals surface area contributed by atoms with Gasteiger partial charge in [-0.25, -0.2) is 0 Å². The molecule has 0 aliphatic carbocycles. The minimum Gasteiger partial charge on any atom is -0.379 e. The highest BCUT2D eigenvalue weighted by Crippen LogP contribution is 2.33. The Morgan fingerprint density at radius 3 is 3.00 bits per heavy atom. The summed E-state index contributed by atoms with van der Waals surface area (Å²) >= 11 is 1.41. The number of aromatic nitrogens is 2. The number of amides is 1. The Kier molecular flexibility index (Phi) is 5.05. The number of nitrogens with zero attached hydrogens (tertiary/aromatic N) is 4. The van der Waals surface area contributed by atoms with Gasteiger partial charge in [0.05, 0.1) is 36.7 Å². The van der Waals surface area contributed by atoms with Crippen molar-refractivity contribution < 1.29 is 9.53 Å². The molecule has 0 N–H and O–H groups in total. The van der Waals surface area contributed by atoms with Gasteiger partial charge in [0, 0.05) is 32.4 Å². The van der Waals surface area contributed by atoms with Gasteiger partial charge in [0.2, 0.25) is 0 Å². The summed E-state index contributed by atoms with van der Waals surface area (Å²) < 4.78 is 5.41. The fourth-order valence-corrected chi connectivity index (χ4v) is 4.17. The summed E-state index contributed by atoms with van der Waals surface area (Å²) in [6.45, 7) is 5.13.